The molecular weight excluding hydrogens is 284 g/mol. The zero-order chi connectivity index (χ0) is 13.0. The fraction of sp³-hybridized carbons (Fsp3) is 0.538. The van der Waals surface area contributed by atoms with E-state index in [1.54, 1.807) is 14.2 Å². The van der Waals surface area contributed by atoms with Gasteiger partial charge in [0.05, 0.1) is 20.3 Å². The van der Waals surface area contributed by atoms with Gasteiger partial charge in [-0.15, -0.1) is 0 Å². The van der Waals surface area contributed by atoms with E-state index in [2.05, 4.69) is 22.9 Å². The molecule has 0 heterocycles. The summed E-state index contributed by atoms with van der Waals surface area (Å²) in [5, 5.41) is 10.2. The van der Waals surface area contributed by atoms with E-state index in [0.29, 0.717) is 11.5 Å². The summed E-state index contributed by atoms with van der Waals surface area (Å²) >= 11 is 3.43. The van der Waals surface area contributed by atoms with Crippen molar-refractivity contribution in [3.63, 3.8) is 0 Å². The minimum atomic E-state index is -0.530. The molecule has 0 saturated heterocycles. The minimum Gasteiger partial charge on any atom is -0.495 e. The van der Waals surface area contributed by atoms with Crippen LogP contribution in [0, 0.1) is 5.92 Å². The highest BCUT2D eigenvalue weighted by molar-refractivity contribution is 9.10. The van der Waals surface area contributed by atoms with Crippen LogP contribution in [0.3, 0.4) is 0 Å². The van der Waals surface area contributed by atoms with E-state index in [0.717, 1.165) is 16.5 Å². The Morgan fingerprint density at radius 2 is 1.94 bits per heavy atom. The molecule has 0 aromatic heterocycles. The highest BCUT2D eigenvalue weighted by Gasteiger charge is 2.22. The standard InChI is InChI=1S/C13H19BrO3/c1-5-8(2)12(15)9-6-7-10(16-3)11(14)13(9)17-4/h6-8,12,15H,5H2,1-4H3. The highest BCUT2D eigenvalue weighted by atomic mass is 79.9. The molecule has 4 heteroatoms. The molecule has 0 fully saturated rings. The van der Waals surface area contributed by atoms with Gasteiger partial charge in [-0.25, -0.2) is 0 Å². The van der Waals surface area contributed by atoms with Crippen LogP contribution in [0.15, 0.2) is 16.6 Å². The van der Waals surface area contributed by atoms with Crippen LogP contribution in [0.4, 0.5) is 0 Å². The molecule has 2 unspecified atom stereocenters. The van der Waals surface area contributed by atoms with E-state index in [9.17, 15) is 5.11 Å². The summed E-state index contributed by atoms with van der Waals surface area (Å²) in [7, 11) is 3.19. The first kappa shape index (κ1) is 14.3. The summed E-state index contributed by atoms with van der Waals surface area (Å²) in [6, 6.07) is 3.67. The Kier molecular flexibility index (Phi) is 5.28. The van der Waals surface area contributed by atoms with Crippen molar-refractivity contribution in [1.29, 1.82) is 0 Å². The van der Waals surface area contributed by atoms with Crippen molar-refractivity contribution in [1.82, 2.24) is 0 Å². The molecule has 1 aromatic carbocycles. The zero-order valence-corrected chi connectivity index (χ0v) is 12.2. The molecule has 1 N–H and O–H groups in total. The molecule has 0 radical (unpaired) electrons. The second-order valence-corrected chi connectivity index (χ2v) is 4.83. The van der Waals surface area contributed by atoms with Gasteiger partial charge in [0, 0.05) is 5.56 Å². The number of aliphatic hydroxyl groups excluding tert-OH is 1. The van der Waals surface area contributed by atoms with Gasteiger partial charge in [0.25, 0.3) is 0 Å². The Morgan fingerprint density at radius 1 is 1.29 bits per heavy atom. The molecule has 1 aromatic rings. The van der Waals surface area contributed by atoms with Crippen LogP contribution in [-0.4, -0.2) is 19.3 Å². The van der Waals surface area contributed by atoms with Crippen LogP contribution >= 0.6 is 15.9 Å². The van der Waals surface area contributed by atoms with Crippen molar-refractivity contribution in [2.45, 2.75) is 26.4 Å². The van der Waals surface area contributed by atoms with Gasteiger partial charge in [0.2, 0.25) is 0 Å². The number of ether oxygens (including phenoxy) is 2. The Morgan fingerprint density at radius 3 is 2.41 bits per heavy atom. The number of rotatable bonds is 5. The first-order chi connectivity index (χ1) is 8.06. The largest absolute Gasteiger partial charge is 0.495 e. The molecular formula is C13H19BrO3. The predicted molar refractivity (Wildman–Crippen MR) is 71.7 cm³/mol. The van der Waals surface area contributed by atoms with Gasteiger partial charge in [-0.2, -0.15) is 0 Å². The first-order valence-corrected chi connectivity index (χ1v) is 6.44. The zero-order valence-electron chi connectivity index (χ0n) is 10.7. The second kappa shape index (κ2) is 6.26. The monoisotopic (exact) mass is 302 g/mol. The van der Waals surface area contributed by atoms with E-state index in [-0.39, 0.29) is 5.92 Å². The molecule has 1 rings (SSSR count). The predicted octanol–water partition coefficient (Wildman–Crippen LogP) is 3.55. The average molecular weight is 303 g/mol. The molecule has 0 bridgehead atoms. The summed E-state index contributed by atoms with van der Waals surface area (Å²) in [6.45, 7) is 4.07. The number of benzene rings is 1. The van der Waals surface area contributed by atoms with Crippen molar-refractivity contribution in [2.75, 3.05) is 14.2 Å². The summed E-state index contributed by atoms with van der Waals surface area (Å²) in [4.78, 5) is 0. The third-order valence-electron chi connectivity index (χ3n) is 3.02. The van der Waals surface area contributed by atoms with Gasteiger partial charge in [-0.1, -0.05) is 20.3 Å². The molecule has 0 aliphatic carbocycles. The fourth-order valence-electron chi connectivity index (χ4n) is 1.68. The Balaban J connectivity index is 3.20. The lowest BCUT2D eigenvalue weighted by molar-refractivity contribution is 0.112. The van der Waals surface area contributed by atoms with E-state index >= 15 is 0 Å². The number of halogens is 1. The number of hydrogen-bond acceptors (Lipinski definition) is 3. The molecule has 0 saturated carbocycles. The Bertz CT molecular complexity index is 379. The van der Waals surface area contributed by atoms with Crippen molar-refractivity contribution in [3.8, 4) is 11.5 Å². The second-order valence-electron chi connectivity index (χ2n) is 4.03. The molecule has 17 heavy (non-hydrogen) atoms. The van der Waals surface area contributed by atoms with E-state index in [1.807, 2.05) is 19.1 Å². The SMILES string of the molecule is CCC(C)C(O)c1ccc(OC)c(Br)c1OC. The highest BCUT2D eigenvalue weighted by Crippen LogP contribution is 2.41. The molecule has 96 valence electrons. The fourth-order valence-corrected chi connectivity index (χ4v) is 2.37. The third-order valence-corrected chi connectivity index (χ3v) is 3.77. The number of aliphatic hydroxyl groups is 1. The van der Waals surface area contributed by atoms with E-state index in [4.69, 9.17) is 9.47 Å². The van der Waals surface area contributed by atoms with Crippen LogP contribution < -0.4 is 9.47 Å². The maximum absolute atomic E-state index is 10.2. The summed E-state index contributed by atoms with van der Waals surface area (Å²) in [5.74, 6) is 1.52. The number of hydrogen-bond donors (Lipinski definition) is 1. The normalized spacial score (nSPS) is 14.2. The summed E-state index contributed by atoms with van der Waals surface area (Å²) in [5.41, 5.74) is 0.787. The van der Waals surface area contributed by atoms with Crippen molar-refractivity contribution < 1.29 is 14.6 Å². The molecule has 0 spiro atoms. The number of methoxy groups -OCH3 is 2. The first-order valence-electron chi connectivity index (χ1n) is 5.65. The lowest BCUT2D eigenvalue weighted by Gasteiger charge is -2.21. The molecule has 2 atom stereocenters. The maximum Gasteiger partial charge on any atom is 0.142 e. The third kappa shape index (κ3) is 2.93. The maximum atomic E-state index is 10.2. The molecule has 3 nitrogen and oxygen atoms in total. The van der Waals surface area contributed by atoms with Gasteiger partial charge in [-0.05, 0) is 34.0 Å². The Labute approximate surface area is 111 Å². The van der Waals surface area contributed by atoms with Crippen molar-refractivity contribution in [3.05, 3.63) is 22.2 Å². The van der Waals surface area contributed by atoms with Crippen LogP contribution in [-0.2, 0) is 0 Å². The van der Waals surface area contributed by atoms with Crippen molar-refractivity contribution >= 4 is 15.9 Å². The quantitative estimate of drug-likeness (QED) is 0.904. The van der Waals surface area contributed by atoms with E-state index < -0.39 is 6.10 Å². The van der Waals surface area contributed by atoms with E-state index in [1.165, 1.54) is 0 Å². The molecule has 0 aliphatic rings. The average Bonchev–Trinajstić information content (AvgIpc) is 2.36. The molecule has 0 amide bonds. The van der Waals surface area contributed by atoms with Crippen LogP contribution in [0.2, 0.25) is 0 Å². The van der Waals surface area contributed by atoms with Gasteiger partial charge in [0.15, 0.2) is 0 Å². The van der Waals surface area contributed by atoms with Gasteiger partial charge < -0.3 is 14.6 Å². The van der Waals surface area contributed by atoms with Crippen LogP contribution in [0.5, 0.6) is 11.5 Å². The lowest BCUT2D eigenvalue weighted by atomic mass is 9.94. The van der Waals surface area contributed by atoms with Crippen LogP contribution in [0.25, 0.3) is 0 Å². The summed E-state index contributed by atoms with van der Waals surface area (Å²) in [6.07, 6.45) is 0.380. The van der Waals surface area contributed by atoms with Crippen LogP contribution in [0.1, 0.15) is 31.9 Å². The lowest BCUT2D eigenvalue weighted by Crippen LogP contribution is -2.10. The van der Waals surface area contributed by atoms with Gasteiger partial charge in [-0.3, -0.25) is 0 Å². The van der Waals surface area contributed by atoms with Gasteiger partial charge >= 0.3 is 0 Å². The Hall–Kier alpha value is -0.740. The summed E-state index contributed by atoms with van der Waals surface area (Å²) < 4.78 is 11.3. The van der Waals surface area contributed by atoms with Gasteiger partial charge in [0.1, 0.15) is 16.0 Å². The molecule has 0 aliphatic heterocycles. The minimum absolute atomic E-state index is 0.184. The smallest absolute Gasteiger partial charge is 0.142 e. The van der Waals surface area contributed by atoms with Crippen molar-refractivity contribution in [2.24, 2.45) is 5.92 Å². The topological polar surface area (TPSA) is 38.7 Å².